The van der Waals surface area contributed by atoms with Crippen molar-refractivity contribution < 1.29 is 9.59 Å². The topological polar surface area (TPSA) is 75.4 Å². The first-order valence-electron chi connectivity index (χ1n) is 7.58. The molecular weight excluding hydrogens is 266 g/mol. The lowest BCUT2D eigenvalue weighted by Crippen LogP contribution is -2.47. The van der Waals surface area contributed by atoms with E-state index in [4.69, 9.17) is 5.73 Å². The number of nitrogens with one attached hydrogen (secondary N) is 1. The summed E-state index contributed by atoms with van der Waals surface area (Å²) in [6.07, 6.45) is 4.09. The van der Waals surface area contributed by atoms with E-state index in [2.05, 4.69) is 5.32 Å². The van der Waals surface area contributed by atoms with Gasteiger partial charge in [0.2, 0.25) is 11.8 Å². The van der Waals surface area contributed by atoms with Crippen LogP contribution in [0.1, 0.15) is 31.2 Å². The molecule has 1 aliphatic heterocycles. The third-order valence-corrected chi connectivity index (χ3v) is 4.11. The third kappa shape index (κ3) is 3.35. The Labute approximate surface area is 124 Å². The largest absolute Gasteiger partial charge is 0.399 e. The number of hydrogen-bond donors (Lipinski definition) is 2. The number of benzene rings is 1. The van der Waals surface area contributed by atoms with Crippen LogP contribution in [0.2, 0.25) is 0 Å². The molecule has 0 bridgehead atoms. The van der Waals surface area contributed by atoms with E-state index in [1.807, 2.05) is 18.2 Å². The van der Waals surface area contributed by atoms with Crippen LogP contribution in [0.4, 0.5) is 5.69 Å². The second-order valence-electron chi connectivity index (χ2n) is 5.95. The Hall–Kier alpha value is -2.04. The van der Waals surface area contributed by atoms with Crippen LogP contribution in [-0.2, 0) is 16.0 Å². The van der Waals surface area contributed by atoms with Crippen LogP contribution >= 0.6 is 0 Å². The Kier molecular flexibility index (Phi) is 3.82. The fourth-order valence-electron chi connectivity index (χ4n) is 2.84. The van der Waals surface area contributed by atoms with Gasteiger partial charge in [0.1, 0.15) is 6.04 Å². The zero-order chi connectivity index (χ0) is 14.8. The summed E-state index contributed by atoms with van der Waals surface area (Å²) in [7, 11) is 0. The van der Waals surface area contributed by atoms with Crippen LogP contribution < -0.4 is 11.1 Å². The van der Waals surface area contributed by atoms with E-state index >= 15 is 0 Å². The van der Waals surface area contributed by atoms with Crippen molar-refractivity contribution in [3.63, 3.8) is 0 Å². The second-order valence-corrected chi connectivity index (χ2v) is 5.95. The zero-order valence-electron chi connectivity index (χ0n) is 12.0. The minimum atomic E-state index is -0.292. The summed E-state index contributed by atoms with van der Waals surface area (Å²) in [6.45, 7) is 0.671. The third-order valence-electron chi connectivity index (χ3n) is 4.11. The number of nitrogens with two attached hydrogens (primary N) is 1. The van der Waals surface area contributed by atoms with Crippen LogP contribution in [0.5, 0.6) is 0 Å². The number of rotatable bonds is 4. The highest BCUT2D eigenvalue weighted by atomic mass is 16.2. The molecule has 1 heterocycles. The summed E-state index contributed by atoms with van der Waals surface area (Å²) >= 11 is 0. The molecule has 5 heteroatoms. The van der Waals surface area contributed by atoms with Gasteiger partial charge in [0.25, 0.3) is 0 Å². The van der Waals surface area contributed by atoms with Crippen molar-refractivity contribution >= 4 is 17.5 Å². The van der Waals surface area contributed by atoms with Crippen LogP contribution in [0.15, 0.2) is 24.3 Å². The van der Waals surface area contributed by atoms with E-state index in [-0.39, 0.29) is 17.9 Å². The Balaban J connectivity index is 1.63. The molecule has 21 heavy (non-hydrogen) atoms. The van der Waals surface area contributed by atoms with E-state index in [1.54, 1.807) is 11.0 Å². The van der Waals surface area contributed by atoms with Crippen molar-refractivity contribution in [3.05, 3.63) is 29.8 Å². The molecule has 0 radical (unpaired) electrons. The SMILES string of the molecule is Nc1cccc(CC(=O)N2CCCC2C(=O)NC2CC2)c1. The Morgan fingerprint density at radius 2 is 2.10 bits per heavy atom. The van der Waals surface area contributed by atoms with Crippen molar-refractivity contribution in [2.45, 2.75) is 44.2 Å². The molecule has 1 saturated carbocycles. The van der Waals surface area contributed by atoms with Gasteiger partial charge < -0.3 is 16.0 Å². The highest BCUT2D eigenvalue weighted by Gasteiger charge is 2.36. The van der Waals surface area contributed by atoms with Crippen LogP contribution in [0.3, 0.4) is 0 Å². The fraction of sp³-hybridized carbons (Fsp3) is 0.500. The van der Waals surface area contributed by atoms with Gasteiger partial charge in [-0.1, -0.05) is 12.1 Å². The smallest absolute Gasteiger partial charge is 0.243 e. The number of likely N-dealkylation sites (tertiary alicyclic amines) is 1. The maximum absolute atomic E-state index is 12.4. The van der Waals surface area contributed by atoms with Crippen LogP contribution in [-0.4, -0.2) is 35.3 Å². The summed E-state index contributed by atoms with van der Waals surface area (Å²) in [4.78, 5) is 26.4. The van der Waals surface area contributed by atoms with Crippen molar-refractivity contribution in [2.75, 3.05) is 12.3 Å². The Morgan fingerprint density at radius 3 is 2.81 bits per heavy atom. The van der Waals surface area contributed by atoms with Gasteiger partial charge in [0.15, 0.2) is 0 Å². The van der Waals surface area contributed by atoms with Gasteiger partial charge in [-0.15, -0.1) is 0 Å². The quantitative estimate of drug-likeness (QED) is 0.814. The molecule has 1 atom stereocenters. The number of carbonyl (C=O) groups excluding carboxylic acids is 2. The molecule has 112 valence electrons. The first kappa shape index (κ1) is 13.9. The van der Waals surface area contributed by atoms with Gasteiger partial charge in [-0.25, -0.2) is 0 Å². The minimum Gasteiger partial charge on any atom is -0.399 e. The molecule has 1 aliphatic carbocycles. The van der Waals surface area contributed by atoms with E-state index in [0.717, 1.165) is 31.2 Å². The number of hydrogen-bond acceptors (Lipinski definition) is 3. The molecule has 2 amide bonds. The highest BCUT2D eigenvalue weighted by molar-refractivity contribution is 5.89. The predicted molar refractivity (Wildman–Crippen MR) is 80.5 cm³/mol. The van der Waals surface area contributed by atoms with Crippen molar-refractivity contribution in [1.29, 1.82) is 0 Å². The molecule has 2 aliphatic rings. The normalized spacial score (nSPS) is 21.3. The first-order chi connectivity index (χ1) is 10.1. The van der Waals surface area contributed by atoms with E-state index in [9.17, 15) is 9.59 Å². The lowest BCUT2D eigenvalue weighted by Gasteiger charge is -2.24. The standard InChI is InChI=1S/C16H21N3O2/c17-12-4-1-3-11(9-12)10-15(20)19-8-2-5-14(19)16(21)18-13-6-7-13/h1,3-4,9,13-14H,2,5-8,10,17H2,(H,18,21). The number of carbonyl (C=O) groups is 2. The molecule has 0 aromatic heterocycles. The molecule has 1 aromatic carbocycles. The zero-order valence-corrected chi connectivity index (χ0v) is 12.0. The summed E-state index contributed by atoms with van der Waals surface area (Å²) in [6, 6.07) is 7.40. The number of amides is 2. The maximum Gasteiger partial charge on any atom is 0.243 e. The average molecular weight is 287 g/mol. The molecule has 3 rings (SSSR count). The summed E-state index contributed by atoms with van der Waals surface area (Å²) < 4.78 is 0. The van der Waals surface area contributed by atoms with E-state index in [0.29, 0.717) is 24.7 Å². The average Bonchev–Trinajstić information content (AvgIpc) is 3.11. The first-order valence-corrected chi connectivity index (χ1v) is 7.58. The molecule has 5 nitrogen and oxygen atoms in total. The molecule has 2 fully saturated rings. The van der Waals surface area contributed by atoms with E-state index in [1.165, 1.54) is 0 Å². The minimum absolute atomic E-state index is 0.00838. The molecular formula is C16H21N3O2. The Bertz CT molecular complexity index is 554. The number of nitrogen functional groups attached to an aromatic ring is 1. The summed E-state index contributed by atoms with van der Waals surface area (Å²) in [5.74, 6) is 0.0185. The lowest BCUT2D eigenvalue weighted by atomic mass is 10.1. The van der Waals surface area contributed by atoms with Gasteiger partial charge >= 0.3 is 0 Å². The summed E-state index contributed by atoms with van der Waals surface area (Å²) in [5.41, 5.74) is 7.29. The lowest BCUT2D eigenvalue weighted by molar-refractivity contribution is -0.138. The second kappa shape index (κ2) is 5.76. The van der Waals surface area contributed by atoms with Crippen LogP contribution in [0.25, 0.3) is 0 Å². The fourth-order valence-corrected chi connectivity index (χ4v) is 2.84. The van der Waals surface area contributed by atoms with Gasteiger partial charge in [-0.05, 0) is 43.4 Å². The number of anilines is 1. The molecule has 0 spiro atoms. The molecule has 1 saturated heterocycles. The molecule has 1 unspecified atom stereocenters. The Morgan fingerprint density at radius 1 is 1.29 bits per heavy atom. The molecule has 3 N–H and O–H groups in total. The highest BCUT2D eigenvalue weighted by Crippen LogP contribution is 2.23. The van der Waals surface area contributed by atoms with E-state index < -0.39 is 0 Å². The summed E-state index contributed by atoms with van der Waals surface area (Å²) in [5, 5.41) is 3.00. The van der Waals surface area contributed by atoms with Crippen molar-refractivity contribution in [3.8, 4) is 0 Å². The van der Waals surface area contributed by atoms with Gasteiger partial charge in [-0.2, -0.15) is 0 Å². The van der Waals surface area contributed by atoms with Crippen molar-refractivity contribution in [1.82, 2.24) is 10.2 Å². The van der Waals surface area contributed by atoms with Gasteiger partial charge in [0, 0.05) is 18.3 Å². The predicted octanol–water partition coefficient (Wildman–Crippen LogP) is 1.08. The monoisotopic (exact) mass is 287 g/mol. The van der Waals surface area contributed by atoms with Crippen molar-refractivity contribution in [2.24, 2.45) is 0 Å². The van der Waals surface area contributed by atoms with Crippen LogP contribution in [0, 0.1) is 0 Å². The number of nitrogens with zero attached hydrogens (tertiary/aromatic N) is 1. The van der Waals surface area contributed by atoms with Gasteiger partial charge in [-0.3, -0.25) is 9.59 Å². The molecule has 1 aromatic rings. The van der Waals surface area contributed by atoms with Gasteiger partial charge in [0.05, 0.1) is 6.42 Å². The maximum atomic E-state index is 12.4.